The van der Waals surface area contributed by atoms with E-state index in [2.05, 4.69) is 33.1 Å². The molecule has 0 aromatic heterocycles. The zero-order chi connectivity index (χ0) is 28.8. The second-order valence-electron chi connectivity index (χ2n) is 9.83. The highest BCUT2D eigenvalue weighted by Gasteiger charge is 2.20. The molecule has 2 aromatic carbocycles. The summed E-state index contributed by atoms with van der Waals surface area (Å²) >= 11 is 0. The van der Waals surface area contributed by atoms with Crippen LogP contribution in [0.2, 0.25) is 0 Å². The molecule has 0 aliphatic carbocycles. The molecule has 12 heteroatoms. The van der Waals surface area contributed by atoms with Gasteiger partial charge in [0.15, 0.2) is 0 Å². The Labute approximate surface area is 240 Å². The van der Waals surface area contributed by atoms with Crippen LogP contribution in [0.5, 0.6) is 11.5 Å². The molecule has 10 nitrogen and oxygen atoms in total. The first kappa shape index (κ1) is 32.3. The Hall–Kier alpha value is -2.22. The van der Waals surface area contributed by atoms with Crippen LogP contribution in [0.1, 0.15) is 39.5 Å². The van der Waals surface area contributed by atoms with E-state index in [1.807, 2.05) is 0 Å². The van der Waals surface area contributed by atoms with Crippen molar-refractivity contribution < 1.29 is 26.3 Å². The second-order valence-corrected chi connectivity index (χ2v) is 13.4. The molecule has 1 aliphatic rings. The van der Waals surface area contributed by atoms with Crippen molar-refractivity contribution in [1.29, 1.82) is 0 Å². The Morgan fingerprint density at radius 1 is 0.625 bits per heavy atom. The fourth-order valence-electron chi connectivity index (χ4n) is 4.18. The monoisotopic (exact) mass is 596 g/mol. The maximum absolute atomic E-state index is 12.6. The summed E-state index contributed by atoms with van der Waals surface area (Å²) in [6.07, 6.45) is 4.00. The van der Waals surface area contributed by atoms with Crippen LogP contribution in [0.4, 0.5) is 0 Å². The molecule has 0 atom stereocenters. The number of nitrogens with zero attached hydrogens (tertiary/aromatic N) is 2. The van der Waals surface area contributed by atoms with Crippen LogP contribution in [0.25, 0.3) is 0 Å². The van der Waals surface area contributed by atoms with E-state index in [0.29, 0.717) is 50.9 Å². The molecule has 0 unspecified atom stereocenters. The van der Waals surface area contributed by atoms with Gasteiger partial charge in [0.05, 0.1) is 23.0 Å². The third-order valence-electron chi connectivity index (χ3n) is 6.71. The third-order valence-corrected chi connectivity index (χ3v) is 9.66. The van der Waals surface area contributed by atoms with Crippen LogP contribution in [0, 0.1) is 0 Å². The molecule has 1 fully saturated rings. The number of benzene rings is 2. The summed E-state index contributed by atoms with van der Waals surface area (Å²) in [5.41, 5.74) is 0. The van der Waals surface area contributed by atoms with Crippen molar-refractivity contribution in [2.45, 2.75) is 49.3 Å². The van der Waals surface area contributed by atoms with Crippen LogP contribution in [0.3, 0.4) is 0 Å². The van der Waals surface area contributed by atoms with Gasteiger partial charge >= 0.3 is 0 Å². The average molecular weight is 597 g/mol. The summed E-state index contributed by atoms with van der Waals surface area (Å²) in [5, 5.41) is 0. The van der Waals surface area contributed by atoms with Gasteiger partial charge < -0.3 is 9.47 Å². The van der Waals surface area contributed by atoms with Crippen molar-refractivity contribution >= 4 is 20.0 Å². The minimum atomic E-state index is -3.59. The molecule has 1 saturated heterocycles. The highest BCUT2D eigenvalue weighted by Crippen LogP contribution is 2.17. The normalized spacial score (nSPS) is 15.2. The largest absolute Gasteiger partial charge is 0.494 e. The molecule has 2 aromatic rings. The summed E-state index contributed by atoms with van der Waals surface area (Å²) in [4.78, 5) is 4.86. The molecule has 0 amide bonds. The third kappa shape index (κ3) is 10.6. The maximum atomic E-state index is 12.6. The van der Waals surface area contributed by atoms with Crippen molar-refractivity contribution in [3.63, 3.8) is 0 Å². The fraction of sp³-hybridized carbons (Fsp3) is 0.571. The Morgan fingerprint density at radius 2 is 0.975 bits per heavy atom. The number of nitrogens with one attached hydrogen (secondary N) is 2. The van der Waals surface area contributed by atoms with Crippen molar-refractivity contribution in [1.82, 2.24) is 19.2 Å². The molecule has 224 valence electrons. The van der Waals surface area contributed by atoms with E-state index in [0.717, 1.165) is 51.9 Å². The molecule has 0 bridgehead atoms. The summed E-state index contributed by atoms with van der Waals surface area (Å²) in [5.74, 6) is 1.33. The molecule has 0 radical (unpaired) electrons. The standard InChI is InChI=1S/C28H44N4O6S2/c1-3-5-23-37-25-7-11-27(12-8-25)39(33,34)29-15-17-31-19-21-32(22-20-31)18-16-30-40(35,36)28-13-9-26(10-14-28)38-24-6-4-2/h7-14,29-30H,3-6,15-24H2,1-2H3. The Kier molecular flexibility index (Phi) is 13.1. The summed E-state index contributed by atoms with van der Waals surface area (Å²) < 4.78 is 67.1. The van der Waals surface area contributed by atoms with Gasteiger partial charge in [-0.2, -0.15) is 0 Å². The van der Waals surface area contributed by atoms with Gasteiger partial charge in [-0.25, -0.2) is 26.3 Å². The first-order chi connectivity index (χ1) is 19.2. The van der Waals surface area contributed by atoms with Crippen molar-refractivity contribution in [2.24, 2.45) is 0 Å². The number of hydrogen-bond donors (Lipinski definition) is 2. The molecule has 3 rings (SSSR count). The van der Waals surface area contributed by atoms with Crippen molar-refractivity contribution in [3.05, 3.63) is 48.5 Å². The highest BCUT2D eigenvalue weighted by atomic mass is 32.2. The van der Waals surface area contributed by atoms with E-state index < -0.39 is 20.0 Å². The molecule has 0 saturated carbocycles. The lowest BCUT2D eigenvalue weighted by Gasteiger charge is -2.34. The van der Waals surface area contributed by atoms with E-state index in [-0.39, 0.29) is 9.79 Å². The minimum absolute atomic E-state index is 0.221. The van der Waals surface area contributed by atoms with Gasteiger partial charge in [0.2, 0.25) is 20.0 Å². The summed E-state index contributed by atoms with van der Waals surface area (Å²) in [6, 6.07) is 13.0. The van der Waals surface area contributed by atoms with E-state index in [9.17, 15) is 16.8 Å². The Balaban J connectivity index is 1.33. The van der Waals surface area contributed by atoms with E-state index in [1.165, 1.54) is 0 Å². The van der Waals surface area contributed by atoms with Gasteiger partial charge in [0.1, 0.15) is 11.5 Å². The smallest absolute Gasteiger partial charge is 0.240 e. The fourth-order valence-corrected chi connectivity index (χ4v) is 6.22. The van der Waals surface area contributed by atoms with Crippen molar-refractivity contribution in [2.75, 3.05) is 65.6 Å². The van der Waals surface area contributed by atoms with Crippen LogP contribution in [-0.4, -0.2) is 92.2 Å². The SMILES string of the molecule is CCCCOc1ccc(S(=O)(=O)NCCN2CCN(CCNS(=O)(=O)c3ccc(OCCCC)cc3)CC2)cc1. The quantitative estimate of drug-likeness (QED) is 0.252. The number of unbranched alkanes of at least 4 members (excludes halogenated alkanes) is 2. The molecule has 1 heterocycles. The lowest BCUT2D eigenvalue weighted by Crippen LogP contribution is -2.49. The summed E-state index contributed by atoms with van der Waals surface area (Å²) in [7, 11) is -7.17. The van der Waals surface area contributed by atoms with Gasteiger partial charge in [0.25, 0.3) is 0 Å². The van der Waals surface area contributed by atoms with E-state index >= 15 is 0 Å². The van der Waals surface area contributed by atoms with Crippen LogP contribution >= 0.6 is 0 Å². The van der Waals surface area contributed by atoms with E-state index in [1.54, 1.807) is 48.5 Å². The number of rotatable bonds is 18. The first-order valence-corrected chi connectivity index (χ1v) is 17.1. The predicted molar refractivity (Wildman–Crippen MR) is 157 cm³/mol. The van der Waals surface area contributed by atoms with Crippen LogP contribution in [0.15, 0.2) is 58.3 Å². The molecular formula is C28H44N4O6S2. The number of hydrogen-bond acceptors (Lipinski definition) is 8. The predicted octanol–water partition coefficient (Wildman–Crippen LogP) is 2.92. The number of piperazine rings is 1. The maximum Gasteiger partial charge on any atom is 0.240 e. The average Bonchev–Trinajstić information content (AvgIpc) is 2.95. The zero-order valence-corrected chi connectivity index (χ0v) is 25.3. The van der Waals surface area contributed by atoms with Gasteiger partial charge in [0, 0.05) is 52.4 Å². The molecule has 1 aliphatic heterocycles. The number of sulfonamides is 2. The molecule has 2 N–H and O–H groups in total. The lowest BCUT2D eigenvalue weighted by atomic mass is 10.3. The Bertz CT molecular complexity index is 1120. The Morgan fingerprint density at radius 3 is 1.30 bits per heavy atom. The van der Waals surface area contributed by atoms with Gasteiger partial charge in [-0.3, -0.25) is 9.80 Å². The first-order valence-electron chi connectivity index (χ1n) is 14.1. The molecule has 40 heavy (non-hydrogen) atoms. The van der Waals surface area contributed by atoms with Gasteiger partial charge in [-0.15, -0.1) is 0 Å². The highest BCUT2D eigenvalue weighted by molar-refractivity contribution is 7.89. The van der Waals surface area contributed by atoms with Gasteiger partial charge in [-0.05, 0) is 61.4 Å². The topological polar surface area (TPSA) is 117 Å². The minimum Gasteiger partial charge on any atom is -0.494 e. The van der Waals surface area contributed by atoms with Gasteiger partial charge in [-0.1, -0.05) is 26.7 Å². The molecular weight excluding hydrogens is 552 g/mol. The summed E-state index contributed by atoms with van der Waals surface area (Å²) in [6.45, 7) is 10.4. The number of ether oxygens (including phenoxy) is 2. The van der Waals surface area contributed by atoms with E-state index in [4.69, 9.17) is 9.47 Å². The van der Waals surface area contributed by atoms with Crippen molar-refractivity contribution in [3.8, 4) is 11.5 Å². The zero-order valence-electron chi connectivity index (χ0n) is 23.7. The van der Waals surface area contributed by atoms with Crippen LogP contribution < -0.4 is 18.9 Å². The molecule has 0 spiro atoms. The van der Waals surface area contributed by atoms with Crippen LogP contribution in [-0.2, 0) is 20.0 Å². The second kappa shape index (κ2) is 16.3. The lowest BCUT2D eigenvalue weighted by molar-refractivity contribution is 0.136.